The number of quaternary nitrogens is 1. The Labute approximate surface area is 81.3 Å². The lowest BCUT2D eigenvalue weighted by atomic mass is 10.3. The fourth-order valence-corrected chi connectivity index (χ4v) is 1.26. The Morgan fingerprint density at radius 3 is 1.93 bits per heavy atom. The van der Waals surface area contributed by atoms with Crippen molar-refractivity contribution in [3.8, 4) is 0 Å². The van der Waals surface area contributed by atoms with Gasteiger partial charge < -0.3 is 26.9 Å². The molecule has 1 rings (SSSR count). The van der Waals surface area contributed by atoms with Crippen molar-refractivity contribution in [1.29, 1.82) is 0 Å². The summed E-state index contributed by atoms with van der Waals surface area (Å²) in [7, 11) is -6.00. The third kappa shape index (κ3) is 11.7. The Morgan fingerprint density at radius 1 is 1.14 bits per heavy atom. The third-order valence-electron chi connectivity index (χ3n) is 1.80. The van der Waals surface area contributed by atoms with Gasteiger partial charge in [-0.3, -0.25) is 0 Å². The Bertz CT molecular complexity index is 129. The van der Waals surface area contributed by atoms with Crippen LogP contribution in [0.1, 0.15) is 13.3 Å². The zero-order chi connectivity index (χ0) is 11.0. The standard InChI is InChI=1S/C7H15NO.BF4/c1-2-3-8-4-6-9-7-5-8;2-1(3,4)5/h2-7H2,1H3;/q;-1/p+1. The molecule has 0 bridgehead atoms. The van der Waals surface area contributed by atoms with E-state index in [1.807, 2.05) is 0 Å². The van der Waals surface area contributed by atoms with Crippen molar-refractivity contribution in [3.05, 3.63) is 0 Å². The smallest absolute Gasteiger partial charge is 0.418 e. The molecule has 0 radical (unpaired) electrons. The number of halogens is 4. The van der Waals surface area contributed by atoms with Gasteiger partial charge in [0.1, 0.15) is 13.1 Å². The van der Waals surface area contributed by atoms with Crippen molar-refractivity contribution in [2.75, 3.05) is 32.8 Å². The first-order valence-corrected chi connectivity index (χ1v) is 4.72. The van der Waals surface area contributed by atoms with E-state index in [-0.39, 0.29) is 0 Å². The predicted molar refractivity (Wildman–Crippen MR) is 46.9 cm³/mol. The number of hydrogen-bond acceptors (Lipinski definition) is 1. The number of rotatable bonds is 2. The van der Waals surface area contributed by atoms with Gasteiger partial charge in [-0.15, -0.1) is 0 Å². The van der Waals surface area contributed by atoms with Crippen molar-refractivity contribution in [2.24, 2.45) is 0 Å². The summed E-state index contributed by atoms with van der Waals surface area (Å²) in [6.07, 6.45) is 1.30. The Morgan fingerprint density at radius 2 is 1.57 bits per heavy atom. The summed E-state index contributed by atoms with van der Waals surface area (Å²) in [5.41, 5.74) is 0. The van der Waals surface area contributed by atoms with E-state index in [2.05, 4.69) is 6.92 Å². The van der Waals surface area contributed by atoms with Crippen LogP contribution in [0.5, 0.6) is 0 Å². The minimum absolute atomic E-state index is 0.968. The molecule has 0 atom stereocenters. The molecule has 0 aliphatic carbocycles. The van der Waals surface area contributed by atoms with Crippen molar-refractivity contribution in [1.82, 2.24) is 0 Å². The molecular weight excluding hydrogens is 201 g/mol. The normalized spacial score (nSPS) is 18.6. The van der Waals surface area contributed by atoms with Crippen LogP contribution >= 0.6 is 0 Å². The van der Waals surface area contributed by atoms with Gasteiger partial charge in [-0.1, -0.05) is 6.92 Å². The lowest BCUT2D eigenvalue weighted by Crippen LogP contribution is -3.14. The minimum Gasteiger partial charge on any atom is -0.418 e. The Hall–Kier alpha value is -0.295. The van der Waals surface area contributed by atoms with Crippen LogP contribution < -0.4 is 4.90 Å². The Kier molecular flexibility index (Phi) is 6.91. The molecule has 1 saturated heterocycles. The molecule has 0 saturated carbocycles. The fraction of sp³-hybridized carbons (Fsp3) is 1.00. The van der Waals surface area contributed by atoms with Crippen LogP contribution in [0.15, 0.2) is 0 Å². The molecule has 1 heterocycles. The predicted octanol–water partition coefficient (Wildman–Crippen LogP) is 0.611. The summed E-state index contributed by atoms with van der Waals surface area (Å²) in [6.45, 7) is 7.93. The van der Waals surface area contributed by atoms with Crippen LogP contribution in [0.4, 0.5) is 17.3 Å². The summed E-state index contributed by atoms with van der Waals surface area (Å²) in [5, 5.41) is 0. The number of nitrogens with one attached hydrogen (secondary N) is 1. The van der Waals surface area contributed by atoms with Crippen molar-refractivity contribution in [2.45, 2.75) is 13.3 Å². The highest BCUT2D eigenvalue weighted by molar-refractivity contribution is 6.50. The van der Waals surface area contributed by atoms with Crippen molar-refractivity contribution in [3.63, 3.8) is 0 Å². The molecular formula is C7H16BF4NO. The molecule has 1 N–H and O–H groups in total. The van der Waals surface area contributed by atoms with Crippen LogP contribution in [0.3, 0.4) is 0 Å². The molecule has 0 amide bonds. The van der Waals surface area contributed by atoms with Crippen molar-refractivity contribution < 1.29 is 26.9 Å². The molecule has 7 heteroatoms. The summed E-state index contributed by atoms with van der Waals surface area (Å²) in [6, 6.07) is 0. The maximum absolute atomic E-state index is 9.75. The van der Waals surface area contributed by atoms with E-state index >= 15 is 0 Å². The number of morpholine rings is 1. The fourth-order valence-electron chi connectivity index (χ4n) is 1.26. The molecule has 0 aromatic rings. The molecule has 0 spiro atoms. The molecule has 0 aromatic carbocycles. The summed E-state index contributed by atoms with van der Waals surface area (Å²) >= 11 is 0. The van der Waals surface area contributed by atoms with E-state index in [0.717, 1.165) is 13.2 Å². The van der Waals surface area contributed by atoms with Gasteiger partial charge in [0, 0.05) is 0 Å². The van der Waals surface area contributed by atoms with Crippen molar-refractivity contribution >= 4 is 7.25 Å². The summed E-state index contributed by atoms with van der Waals surface area (Å²) in [4.78, 5) is 1.71. The first-order chi connectivity index (χ1) is 6.43. The Balaban J connectivity index is 0.000000292. The quantitative estimate of drug-likeness (QED) is 0.528. The second kappa shape index (κ2) is 7.06. The maximum atomic E-state index is 9.75. The topological polar surface area (TPSA) is 13.7 Å². The lowest BCUT2D eigenvalue weighted by molar-refractivity contribution is -0.908. The van der Waals surface area contributed by atoms with E-state index in [1.165, 1.54) is 26.1 Å². The van der Waals surface area contributed by atoms with Crippen LogP contribution in [-0.4, -0.2) is 40.1 Å². The average molecular weight is 217 g/mol. The van der Waals surface area contributed by atoms with Gasteiger partial charge in [0.25, 0.3) is 0 Å². The first-order valence-electron chi connectivity index (χ1n) is 4.72. The molecule has 1 aliphatic rings. The zero-order valence-corrected chi connectivity index (χ0v) is 8.24. The third-order valence-corrected chi connectivity index (χ3v) is 1.80. The summed E-state index contributed by atoms with van der Waals surface area (Å²) < 4.78 is 44.2. The monoisotopic (exact) mass is 217 g/mol. The van der Waals surface area contributed by atoms with Gasteiger partial charge in [0.2, 0.25) is 0 Å². The van der Waals surface area contributed by atoms with Gasteiger partial charge >= 0.3 is 7.25 Å². The molecule has 2 nitrogen and oxygen atoms in total. The van der Waals surface area contributed by atoms with E-state index in [0.29, 0.717) is 0 Å². The molecule has 0 unspecified atom stereocenters. The molecule has 0 aromatic heterocycles. The van der Waals surface area contributed by atoms with Crippen LogP contribution in [0.2, 0.25) is 0 Å². The number of hydrogen-bond donors (Lipinski definition) is 1. The summed E-state index contributed by atoms with van der Waals surface area (Å²) in [5.74, 6) is 0. The highest BCUT2D eigenvalue weighted by Gasteiger charge is 2.20. The first kappa shape index (κ1) is 13.7. The molecule has 86 valence electrons. The van der Waals surface area contributed by atoms with Gasteiger partial charge in [0.15, 0.2) is 0 Å². The minimum atomic E-state index is -6.00. The number of ether oxygens (including phenoxy) is 1. The highest BCUT2D eigenvalue weighted by Crippen LogP contribution is 2.06. The molecule has 1 aliphatic heterocycles. The maximum Gasteiger partial charge on any atom is 0.673 e. The van der Waals surface area contributed by atoms with Gasteiger partial charge in [-0.2, -0.15) is 0 Å². The van der Waals surface area contributed by atoms with Crippen LogP contribution in [0, 0.1) is 0 Å². The van der Waals surface area contributed by atoms with E-state index in [9.17, 15) is 17.3 Å². The highest BCUT2D eigenvalue weighted by atomic mass is 19.5. The molecule has 14 heavy (non-hydrogen) atoms. The largest absolute Gasteiger partial charge is 0.673 e. The zero-order valence-electron chi connectivity index (χ0n) is 8.24. The van der Waals surface area contributed by atoms with Gasteiger partial charge in [-0.05, 0) is 6.42 Å². The SMILES string of the molecule is CCC[NH+]1CCOCC1.F[B-](F)(F)F. The average Bonchev–Trinajstić information content (AvgIpc) is 2.03. The molecule has 1 fully saturated rings. The van der Waals surface area contributed by atoms with Gasteiger partial charge in [0.05, 0.1) is 19.8 Å². The van der Waals surface area contributed by atoms with E-state index in [1.54, 1.807) is 4.90 Å². The lowest BCUT2D eigenvalue weighted by Gasteiger charge is -2.22. The van der Waals surface area contributed by atoms with Crippen LogP contribution in [-0.2, 0) is 4.74 Å². The second-order valence-corrected chi connectivity index (χ2v) is 3.11. The second-order valence-electron chi connectivity index (χ2n) is 3.11. The van der Waals surface area contributed by atoms with Gasteiger partial charge in [-0.25, -0.2) is 0 Å². The van der Waals surface area contributed by atoms with Crippen LogP contribution in [0.25, 0.3) is 0 Å². The van der Waals surface area contributed by atoms with E-state index < -0.39 is 7.25 Å². The van der Waals surface area contributed by atoms with E-state index in [4.69, 9.17) is 4.74 Å².